The van der Waals surface area contributed by atoms with Crippen molar-refractivity contribution in [2.24, 2.45) is 0 Å². The third kappa shape index (κ3) is 6.46. The van der Waals surface area contributed by atoms with Crippen molar-refractivity contribution in [2.75, 3.05) is 42.7 Å². The van der Waals surface area contributed by atoms with Gasteiger partial charge in [-0.15, -0.1) is 0 Å². The highest BCUT2D eigenvalue weighted by Gasteiger charge is 2.13. The highest BCUT2D eigenvalue weighted by Crippen LogP contribution is 2.39. The summed E-state index contributed by atoms with van der Waals surface area (Å²) in [4.78, 5) is 12.3. The van der Waals surface area contributed by atoms with E-state index in [4.69, 9.17) is 28.4 Å². The molecule has 2 aromatic rings. The summed E-state index contributed by atoms with van der Waals surface area (Å²) in [7, 11) is 9.08. The van der Waals surface area contributed by atoms with Gasteiger partial charge in [0.25, 0.3) is 0 Å². The van der Waals surface area contributed by atoms with E-state index in [0.717, 1.165) is 6.08 Å². The van der Waals surface area contributed by atoms with E-state index in [-0.39, 0.29) is 5.76 Å². The summed E-state index contributed by atoms with van der Waals surface area (Å²) in [6.07, 6.45) is 7.02. The van der Waals surface area contributed by atoms with Crippen LogP contribution in [0, 0.1) is 0 Å². The maximum Gasteiger partial charge on any atom is 0.203 e. The van der Waals surface area contributed by atoms with Gasteiger partial charge in [0, 0.05) is 6.08 Å². The predicted molar refractivity (Wildman–Crippen MR) is 126 cm³/mol. The fraction of sp³-hybridized carbons (Fsp3) is 0.240. The Kier molecular flexibility index (Phi) is 9.23. The molecule has 176 valence electrons. The monoisotopic (exact) mass is 456 g/mol. The van der Waals surface area contributed by atoms with E-state index in [1.165, 1.54) is 54.8 Å². The molecular weight excluding hydrogens is 428 g/mol. The fourth-order valence-corrected chi connectivity index (χ4v) is 3.00. The van der Waals surface area contributed by atoms with Gasteiger partial charge in [0.05, 0.1) is 42.7 Å². The van der Waals surface area contributed by atoms with Crippen LogP contribution in [0.3, 0.4) is 0 Å². The van der Waals surface area contributed by atoms with Crippen molar-refractivity contribution in [3.63, 3.8) is 0 Å². The highest BCUT2D eigenvalue weighted by molar-refractivity contribution is 6.02. The molecular formula is C25H28O8. The van der Waals surface area contributed by atoms with E-state index in [1.54, 1.807) is 36.4 Å². The Morgan fingerprint density at radius 3 is 1.33 bits per heavy atom. The Bertz CT molecular complexity index is 1020. The van der Waals surface area contributed by atoms with Gasteiger partial charge in [-0.05, 0) is 47.5 Å². The Morgan fingerprint density at radius 2 is 1.00 bits per heavy atom. The number of hydrogen-bond acceptors (Lipinski definition) is 8. The van der Waals surface area contributed by atoms with Crippen LogP contribution in [0.2, 0.25) is 0 Å². The maximum absolute atomic E-state index is 12.3. The molecule has 8 nitrogen and oxygen atoms in total. The van der Waals surface area contributed by atoms with Crippen molar-refractivity contribution in [3.8, 4) is 34.5 Å². The van der Waals surface area contributed by atoms with Crippen LogP contribution < -0.4 is 28.4 Å². The van der Waals surface area contributed by atoms with E-state index in [1.807, 2.05) is 0 Å². The van der Waals surface area contributed by atoms with Crippen molar-refractivity contribution in [1.29, 1.82) is 0 Å². The van der Waals surface area contributed by atoms with Gasteiger partial charge in [-0.3, -0.25) is 4.79 Å². The lowest BCUT2D eigenvalue weighted by atomic mass is 10.1. The summed E-state index contributed by atoms with van der Waals surface area (Å²) in [6, 6.07) is 6.85. The number of benzene rings is 2. The van der Waals surface area contributed by atoms with Gasteiger partial charge in [0.2, 0.25) is 11.5 Å². The third-order valence-electron chi connectivity index (χ3n) is 4.55. The molecule has 0 saturated carbocycles. The second-order valence-corrected chi connectivity index (χ2v) is 6.56. The standard InChI is InChI=1S/C25H28O8/c1-28-20-11-16(12-21(29-2)24(20)32-5)7-9-18(26)15-19(27)10-8-17-13-22(30-3)25(33-6)23(14-17)31-4/h7-15,26H,1-6H3/b9-7+,10-8+,18-15+. The average molecular weight is 456 g/mol. The molecule has 0 spiro atoms. The Hall–Kier alpha value is -4.07. The van der Waals surface area contributed by atoms with Gasteiger partial charge in [-0.1, -0.05) is 12.2 Å². The molecule has 1 N–H and O–H groups in total. The lowest BCUT2D eigenvalue weighted by Crippen LogP contribution is -1.96. The average Bonchev–Trinajstić information content (AvgIpc) is 2.84. The van der Waals surface area contributed by atoms with Gasteiger partial charge in [-0.2, -0.15) is 0 Å². The molecule has 33 heavy (non-hydrogen) atoms. The summed E-state index contributed by atoms with van der Waals surface area (Å²) in [5.41, 5.74) is 1.35. The Balaban J connectivity index is 2.20. The van der Waals surface area contributed by atoms with Crippen molar-refractivity contribution in [3.05, 3.63) is 59.4 Å². The van der Waals surface area contributed by atoms with Gasteiger partial charge in [0.15, 0.2) is 28.8 Å². The molecule has 0 radical (unpaired) electrons. The number of aliphatic hydroxyl groups excluding tert-OH is 1. The van der Waals surface area contributed by atoms with E-state index >= 15 is 0 Å². The first-order valence-corrected chi connectivity index (χ1v) is 9.81. The van der Waals surface area contributed by atoms with Crippen LogP contribution in [0.4, 0.5) is 0 Å². The maximum atomic E-state index is 12.3. The number of rotatable bonds is 11. The van der Waals surface area contributed by atoms with Crippen LogP contribution in [-0.2, 0) is 4.79 Å². The Morgan fingerprint density at radius 1 is 0.636 bits per heavy atom. The van der Waals surface area contributed by atoms with Crippen LogP contribution in [0.5, 0.6) is 34.5 Å². The van der Waals surface area contributed by atoms with E-state index in [0.29, 0.717) is 45.6 Å². The van der Waals surface area contributed by atoms with Crippen LogP contribution >= 0.6 is 0 Å². The van der Waals surface area contributed by atoms with Crippen molar-refractivity contribution in [2.45, 2.75) is 0 Å². The zero-order valence-electron chi connectivity index (χ0n) is 19.5. The number of aliphatic hydroxyl groups is 1. The second-order valence-electron chi connectivity index (χ2n) is 6.56. The molecule has 0 aromatic heterocycles. The number of carbonyl (C=O) groups is 1. The van der Waals surface area contributed by atoms with Crippen LogP contribution in [-0.4, -0.2) is 53.5 Å². The highest BCUT2D eigenvalue weighted by atomic mass is 16.5. The zero-order valence-corrected chi connectivity index (χ0v) is 19.5. The smallest absolute Gasteiger partial charge is 0.203 e. The summed E-state index contributed by atoms with van der Waals surface area (Å²) < 4.78 is 31.8. The zero-order chi connectivity index (χ0) is 24.4. The molecule has 0 aliphatic heterocycles. The SMILES string of the molecule is COc1cc(/C=C/C(=O)/C=C(O)\C=C\c2cc(OC)c(OC)c(OC)c2)cc(OC)c1OC. The van der Waals surface area contributed by atoms with Gasteiger partial charge in [-0.25, -0.2) is 0 Å². The number of ketones is 1. The third-order valence-corrected chi connectivity index (χ3v) is 4.55. The van der Waals surface area contributed by atoms with Gasteiger partial charge in [0.1, 0.15) is 5.76 Å². The minimum absolute atomic E-state index is 0.219. The summed E-state index contributed by atoms with van der Waals surface area (Å²) in [5.74, 6) is 2.18. The van der Waals surface area contributed by atoms with Crippen molar-refractivity contribution >= 4 is 17.9 Å². The lowest BCUT2D eigenvalue weighted by Gasteiger charge is -2.12. The molecule has 0 saturated heterocycles. The number of methoxy groups -OCH3 is 6. The van der Waals surface area contributed by atoms with Gasteiger partial charge >= 0.3 is 0 Å². The summed E-state index contributed by atoms with van der Waals surface area (Å²) in [6.45, 7) is 0. The summed E-state index contributed by atoms with van der Waals surface area (Å²) in [5, 5.41) is 10.1. The minimum atomic E-state index is -0.407. The van der Waals surface area contributed by atoms with Crippen LogP contribution in [0.1, 0.15) is 11.1 Å². The van der Waals surface area contributed by atoms with Crippen LogP contribution in [0.15, 0.2) is 48.3 Å². The number of allylic oxidation sites excluding steroid dienone is 3. The van der Waals surface area contributed by atoms with E-state index in [9.17, 15) is 9.90 Å². The fourth-order valence-electron chi connectivity index (χ4n) is 3.00. The van der Waals surface area contributed by atoms with Crippen molar-refractivity contribution < 1.29 is 38.3 Å². The quantitative estimate of drug-likeness (QED) is 0.301. The number of hydrogen-bond donors (Lipinski definition) is 1. The predicted octanol–water partition coefficient (Wildman–Crippen LogP) is 4.48. The first kappa shape index (κ1) is 25.2. The molecule has 2 aromatic carbocycles. The molecule has 0 fully saturated rings. The first-order valence-electron chi connectivity index (χ1n) is 9.81. The lowest BCUT2D eigenvalue weighted by molar-refractivity contribution is -0.110. The number of carbonyl (C=O) groups excluding carboxylic acids is 1. The van der Waals surface area contributed by atoms with E-state index in [2.05, 4.69) is 0 Å². The normalized spacial score (nSPS) is 11.5. The minimum Gasteiger partial charge on any atom is -0.508 e. The molecule has 0 heterocycles. The van der Waals surface area contributed by atoms with Crippen LogP contribution in [0.25, 0.3) is 12.2 Å². The topological polar surface area (TPSA) is 92.7 Å². The largest absolute Gasteiger partial charge is 0.508 e. The molecule has 0 bridgehead atoms. The summed E-state index contributed by atoms with van der Waals surface area (Å²) >= 11 is 0. The van der Waals surface area contributed by atoms with Gasteiger partial charge < -0.3 is 33.5 Å². The van der Waals surface area contributed by atoms with E-state index < -0.39 is 5.78 Å². The molecule has 0 amide bonds. The molecule has 2 rings (SSSR count). The molecule has 0 atom stereocenters. The Labute approximate surface area is 193 Å². The molecule has 8 heteroatoms. The molecule has 0 aliphatic carbocycles. The molecule has 0 aliphatic rings. The number of ether oxygens (including phenoxy) is 6. The van der Waals surface area contributed by atoms with Crippen molar-refractivity contribution in [1.82, 2.24) is 0 Å². The second kappa shape index (κ2) is 12.1. The first-order chi connectivity index (χ1) is 15.9. The molecule has 0 unspecified atom stereocenters.